The SMILES string of the molecule is CCCS(=O)(=O)N1CC2(C1)OCC[C@H]2CCOCc1ccccn1. The highest BCUT2D eigenvalue weighted by Crippen LogP contribution is 2.42. The molecule has 24 heavy (non-hydrogen) atoms. The average molecular weight is 354 g/mol. The summed E-state index contributed by atoms with van der Waals surface area (Å²) in [5, 5.41) is 0. The summed E-state index contributed by atoms with van der Waals surface area (Å²) in [6, 6.07) is 5.78. The molecule has 1 aromatic heterocycles. The van der Waals surface area contributed by atoms with Gasteiger partial charge in [0.2, 0.25) is 10.0 Å². The van der Waals surface area contributed by atoms with Crippen molar-refractivity contribution in [2.24, 2.45) is 5.92 Å². The van der Waals surface area contributed by atoms with E-state index in [2.05, 4.69) is 4.98 Å². The first-order chi connectivity index (χ1) is 11.6. The van der Waals surface area contributed by atoms with E-state index in [1.807, 2.05) is 25.1 Å². The van der Waals surface area contributed by atoms with Gasteiger partial charge in [-0.25, -0.2) is 8.42 Å². The molecule has 1 atom stereocenters. The van der Waals surface area contributed by atoms with Crippen LogP contribution in [0, 0.1) is 5.92 Å². The molecule has 6 nitrogen and oxygen atoms in total. The number of hydrogen-bond donors (Lipinski definition) is 0. The van der Waals surface area contributed by atoms with E-state index < -0.39 is 10.0 Å². The van der Waals surface area contributed by atoms with Gasteiger partial charge in [0.25, 0.3) is 0 Å². The molecular formula is C17H26N2O4S. The van der Waals surface area contributed by atoms with E-state index >= 15 is 0 Å². The Hall–Kier alpha value is -1.02. The molecule has 0 radical (unpaired) electrons. The fourth-order valence-electron chi connectivity index (χ4n) is 3.56. The van der Waals surface area contributed by atoms with Gasteiger partial charge < -0.3 is 9.47 Å². The monoisotopic (exact) mass is 354 g/mol. The van der Waals surface area contributed by atoms with Gasteiger partial charge in [0.05, 0.1) is 23.7 Å². The van der Waals surface area contributed by atoms with Crippen LogP contribution in [0.25, 0.3) is 0 Å². The van der Waals surface area contributed by atoms with Crippen LogP contribution in [0.1, 0.15) is 31.9 Å². The van der Waals surface area contributed by atoms with Crippen LogP contribution in [0.5, 0.6) is 0 Å². The zero-order valence-electron chi connectivity index (χ0n) is 14.2. The molecule has 0 N–H and O–H groups in total. The second kappa shape index (κ2) is 7.47. The predicted octanol–water partition coefficient (Wildman–Crippen LogP) is 1.82. The minimum absolute atomic E-state index is 0.223. The van der Waals surface area contributed by atoms with E-state index in [0.29, 0.717) is 45.2 Å². The maximum atomic E-state index is 12.1. The summed E-state index contributed by atoms with van der Waals surface area (Å²) in [4.78, 5) is 4.24. The number of aromatic nitrogens is 1. The number of sulfonamides is 1. The molecule has 0 bridgehead atoms. The van der Waals surface area contributed by atoms with Crippen LogP contribution in [0.4, 0.5) is 0 Å². The third kappa shape index (κ3) is 3.79. The number of nitrogens with zero attached hydrogens (tertiary/aromatic N) is 2. The molecule has 2 aliphatic heterocycles. The fraction of sp³-hybridized carbons (Fsp3) is 0.706. The van der Waals surface area contributed by atoms with E-state index in [0.717, 1.165) is 18.5 Å². The van der Waals surface area contributed by atoms with Gasteiger partial charge in [-0.3, -0.25) is 4.98 Å². The van der Waals surface area contributed by atoms with Crippen LogP contribution >= 0.6 is 0 Å². The summed E-state index contributed by atoms with van der Waals surface area (Å²) < 4.78 is 37.5. The molecule has 2 fully saturated rings. The lowest BCUT2D eigenvalue weighted by Crippen LogP contribution is -2.66. The third-order valence-electron chi connectivity index (χ3n) is 4.93. The molecule has 0 saturated carbocycles. The molecule has 0 unspecified atom stereocenters. The third-order valence-corrected chi connectivity index (χ3v) is 6.90. The Kier molecular flexibility index (Phi) is 5.54. The molecule has 0 amide bonds. The highest BCUT2D eigenvalue weighted by Gasteiger charge is 2.55. The Morgan fingerprint density at radius 3 is 2.96 bits per heavy atom. The summed E-state index contributed by atoms with van der Waals surface area (Å²) in [5.74, 6) is 0.593. The molecule has 2 aliphatic rings. The molecule has 1 aromatic rings. The largest absolute Gasteiger partial charge is 0.375 e. The van der Waals surface area contributed by atoms with Crippen molar-refractivity contribution in [1.29, 1.82) is 0 Å². The van der Waals surface area contributed by atoms with E-state index in [1.54, 1.807) is 10.5 Å². The van der Waals surface area contributed by atoms with Crippen molar-refractivity contribution in [3.05, 3.63) is 30.1 Å². The van der Waals surface area contributed by atoms with Crippen molar-refractivity contribution in [2.75, 3.05) is 32.1 Å². The summed E-state index contributed by atoms with van der Waals surface area (Å²) in [5.41, 5.74) is 0.644. The van der Waals surface area contributed by atoms with Gasteiger partial charge in [-0.2, -0.15) is 4.31 Å². The summed E-state index contributed by atoms with van der Waals surface area (Å²) in [7, 11) is -3.11. The second-order valence-electron chi connectivity index (χ2n) is 6.65. The van der Waals surface area contributed by atoms with Crippen molar-refractivity contribution in [3.8, 4) is 0 Å². The zero-order chi connectivity index (χ0) is 17.0. The van der Waals surface area contributed by atoms with Crippen molar-refractivity contribution in [3.63, 3.8) is 0 Å². The highest BCUT2D eigenvalue weighted by molar-refractivity contribution is 7.89. The molecule has 134 valence electrons. The van der Waals surface area contributed by atoms with Crippen LogP contribution in [0.2, 0.25) is 0 Å². The highest BCUT2D eigenvalue weighted by atomic mass is 32.2. The Morgan fingerprint density at radius 1 is 1.42 bits per heavy atom. The molecule has 0 aliphatic carbocycles. The first-order valence-corrected chi connectivity index (χ1v) is 10.3. The molecule has 2 saturated heterocycles. The van der Waals surface area contributed by atoms with E-state index in [1.165, 1.54) is 0 Å². The molecule has 3 rings (SSSR count). The van der Waals surface area contributed by atoms with Crippen molar-refractivity contribution >= 4 is 10.0 Å². The Labute approximate surface area is 144 Å². The topological polar surface area (TPSA) is 68.7 Å². The van der Waals surface area contributed by atoms with Gasteiger partial charge in [-0.05, 0) is 37.3 Å². The minimum Gasteiger partial charge on any atom is -0.375 e. The summed E-state index contributed by atoms with van der Waals surface area (Å²) in [6.07, 6.45) is 4.29. The molecular weight excluding hydrogens is 328 g/mol. The molecule has 0 aromatic carbocycles. The second-order valence-corrected chi connectivity index (χ2v) is 8.73. The predicted molar refractivity (Wildman–Crippen MR) is 91.0 cm³/mol. The summed E-state index contributed by atoms with van der Waals surface area (Å²) in [6.45, 7) is 4.76. The Balaban J connectivity index is 1.45. The lowest BCUT2D eigenvalue weighted by molar-refractivity contribution is -0.105. The van der Waals surface area contributed by atoms with E-state index in [-0.39, 0.29) is 11.4 Å². The smallest absolute Gasteiger partial charge is 0.214 e. The first kappa shape index (κ1) is 17.8. The van der Waals surface area contributed by atoms with Crippen molar-refractivity contribution < 1.29 is 17.9 Å². The fourth-order valence-corrected chi connectivity index (χ4v) is 5.17. The number of ether oxygens (including phenoxy) is 2. The van der Waals surface area contributed by atoms with E-state index in [4.69, 9.17) is 9.47 Å². The lowest BCUT2D eigenvalue weighted by atomic mass is 9.80. The van der Waals surface area contributed by atoms with Gasteiger partial charge >= 0.3 is 0 Å². The maximum absolute atomic E-state index is 12.1. The van der Waals surface area contributed by atoms with Crippen LogP contribution in [-0.2, 0) is 26.1 Å². The van der Waals surface area contributed by atoms with Gasteiger partial charge in [-0.15, -0.1) is 0 Å². The normalized spacial score (nSPS) is 23.5. The summed E-state index contributed by atoms with van der Waals surface area (Å²) >= 11 is 0. The number of hydrogen-bond acceptors (Lipinski definition) is 5. The van der Waals surface area contributed by atoms with Crippen molar-refractivity contribution in [1.82, 2.24) is 9.29 Å². The van der Waals surface area contributed by atoms with Crippen LogP contribution < -0.4 is 0 Å². The number of pyridine rings is 1. The van der Waals surface area contributed by atoms with Crippen LogP contribution in [0.3, 0.4) is 0 Å². The zero-order valence-corrected chi connectivity index (χ0v) is 15.0. The van der Waals surface area contributed by atoms with Crippen molar-refractivity contribution in [2.45, 2.75) is 38.4 Å². The quantitative estimate of drug-likeness (QED) is 0.666. The van der Waals surface area contributed by atoms with Crippen LogP contribution in [-0.4, -0.2) is 55.4 Å². The van der Waals surface area contributed by atoms with Gasteiger partial charge in [0.15, 0.2) is 0 Å². The van der Waals surface area contributed by atoms with Gasteiger partial charge in [0, 0.05) is 32.5 Å². The average Bonchev–Trinajstić information content (AvgIpc) is 2.95. The van der Waals surface area contributed by atoms with E-state index in [9.17, 15) is 8.42 Å². The Morgan fingerprint density at radius 2 is 2.25 bits per heavy atom. The number of rotatable bonds is 8. The molecule has 3 heterocycles. The Bertz CT molecular complexity index is 629. The first-order valence-electron chi connectivity index (χ1n) is 8.65. The van der Waals surface area contributed by atoms with Gasteiger partial charge in [0.1, 0.15) is 0 Å². The standard InChI is InChI=1S/C17H26N2O4S/c1-2-11-24(20,21)19-13-17(14-19)15(7-10-23-17)6-9-22-12-16-5-3-4-8-18-16/h3-5,8,15H,2,6-7,9-14H2,1H3/t15-/m1/s1. The minimum atomic E-state index is -3.11. The maximum Gasteiger partial charge on any atom is 0.214 e. The van der Waals surface area contributed by atoms with Gasteiger partial charge in [-0.1, -0.05) is 13.0 Å². The van der Waals surface area contributed by atoms with Crippen LogP contribution in [0.15, 0.2) is 24.4 Å². The molecule has 7 heteroatoms. The molecule has 1 spiro atoms. The lowest BCUT2D eigenvalue weighted by Gasteiger charge is -2.49.